The number of hydrogen-bond acceptors (Lipinski definition) is 5. The van der Waals surface area contributed by atoms with Gasteiger partial charge in [-0.3, -0.25) is 9.79 Å². The van der Waals surface area contributed by atoms with Crippen LogP contribution in [0.5, 0.6) is 0 Å². The van der Waals surface area contributed by atoms with Gasteiger partial charge in [0.2, 0.25) is 0 Å². The largest absolute Gasteiger partial charge is 0.337 e. The van der Waals surface area contributed by atoms with Gasteiger partial charge in [0.15, 0.2) is 0 Å². The number of piperidine rings is 1. The van der Waals surface area contributed by atoms with E-state index in [2.05, 4.69) is 39.1 Å². The molecule has 5 rings (SSSR count). The van der Waals surface area contributed by atoms with Gasteiger partial charge in [-0.05, 0) is 31.5 Å². The van der Waals surface area contributed by atoms with Crippen molar-refractivity contribution in [2.24, 2.45) is 10.9 Å². The van der Waals surface area contributed by atoms with Gasteiger partial charge in [0.05, 0.1) is 17.8 Å². The van der Waals surface area contributed by atoms with Gasteiger partial charge < -0.3 is 9.80 Å². The van der Waals surface area contributed by atoms with Crippen LogP contribution in [-0.4, -0.2) is 64.1 Å². The monoisotopic (exact) mass is 375 g/mol. The van der Waals surface area contributed by atoms with Crippen LogP contribution in [0.4, 0.5) is 0 Å². The second kappa shape index (κ2) is 7.43. The van der Waals surface area contributed by atoms with Crippen LogP contribution < -0.4 is 0 Å². The molecule has 0 unspecified atom stereocenters. The van der Waals surface area contributed by atoms with Crippen molar-refractivity contribution in [3.63, 3.8) is 0 Å². The van der Waals surface area contributed by atoms with Gasteiger partial charge in [0.25, 0.3) is 5.91 Å². The lowest BCUT2D eigenvalue weighted by Gasteiger charge is -2.34. The standard InChI is InChI=1S/C22H25N5O/c28-22-19-14-23-15-25-20(19)7-10-27(22)12-11-26-8-5-16(6-9-26)21-18-4-2-1-3-17(18)13-24-21/h1-4,14-16H,5-13H2. The minimum Gasteiger partial charge on any atom is -0.337 e. The van der Waals surface area contributed by atoms with E-state index in [0.717, 1.165) is 64.2 Å². The third-order valence-electron chi connectivity index (χ3n) is 6.30. The molecule has 4 heterocycles. The van der Waals surface area contributed by atoms with Crippen LogP contribution in [0.15, 0.2) is 41.8 Å². The molecule has 1 amide bonds. The van der Waals surface area contributed by atoms with E-state index < -0.39 is 0 Å². The number of fused-ring (bicyclic) bond motifs is 2. The van der Waals surface area contributed by atoms with Gasteiger partial charge in [0, 0.05) is 49.4 Å². The van der Waals surface area contributed by atoms with Crippen molar-refractivity contribution in [1.82, 2.24) is 19.8 Å². The van der Waals surface area contributed by atoms with Gasteiger partial charge in [-0.2, -0.15) is 0 Å². The van der Waals surface area contributed by atoms with Crippen LogP contribution in [0.2, 0.25) is 0 Å². The molecule has 0 atom stereocenters. The third-order valence-corrected chi connectivity index (χ3v) is 6.30. The van der Waals surface area contributed by atoms with E-state index in [1.807, 2.05) is 4.90 Å². The number of benzene rings is 1. The van der Waals surface area contributed by atoms with E-state index in [9.17, 15) is 4.79 Å². The summed E-state index contributed by atoms with van der Waals surface area (Å²) in [5.74, 6) is 0.647. The Kier molecular flexibility index (Phi) is 4.64. The molecule has 0 radical (unpaired) electrons. The average molecular weight is 375 g/mol. The maximum absolute atomic E-state index is 12.6. The summed E-state index contributed by atoms with van der Waals surface area (Å²) < 4.78 is 0. The first kappa shape index (κ1) is 17.5. The Morgan fingerprint density at radius 2 is 1.89 bits per heavy atom. The highest BCUT2D eigenvalue weighted by Crippen LogP contribution is 2.28. The molecular weight excluding hydrogens is 350 g/mol. The molecular formula is C22H25N5O. The van der Waals surface area contributed by atoms with Gasteiger partial charge in [-0.25, -0.2) is 9.97 Å². The molecule has 1 aromatic carbocycles. The molecule has 0 aliphatic carbocycles. The Morgan fingerprint density at radius 1 is 1.04 bits per heavy atom. The lowest BCUT2D eigenvalue weighted by atomic mass is 9.88. The van der Waals surface area contributed by atoms with Crippen LogP contribution in [-0.2, 0) is 13.0 Å². The Balaban J connectivity index is 1.14. The first-order valence-electron chi connectivity index (χ1n) is 10.2. The summed E-state index contributed by atoms with van der Waals surface area (Å²) in [6, 6.07) is 8.64. The van der Waals surface area contributed by atoms with Crippen molar-refractivity contribution < 1.29 is 4.79 Å². The van der Waals surface area contributed by atoms with E-state index in [-0.39, 0.29) is 5.91 Å². The fourth-order valence-electron chi connectivity index (χ4n) is 4.66. The first-order valence-corrected chi connectivity index (χ1v) is 10.2. The highest BCUT2D eigenvalue weighted by molar-refractivity contribution is 6.05. The Morgan fingerprint density at radius 3 is 2.79 bits per heavy atom. The molecule has 0 bridgehead atoms. The molecule has 1 saturated heterocycles. The van der Waals surface area contributed by atoms with E-state index in [4.69, 9.17) is 4.99 Å². The fraction of sp³-hybridized carbons (Fsp3) is 0.455. The van der Waals surface area contributed by atoms with E-state index >= 15 is 0 Å². The zero-order chi connectivity index (χ0) is 18.9. The molecule has 0 saturated carbocycles. The maximum Gasteiger partial charge on any atom is 0.257 e. The summed E-state index contributed by atoms with van der Waals surface area (Å²) in [6.07, 6.45) is 6.31. The normalized spacial score (nSPS) is 20.1. The van der Waals surface area contributed by atoms with Gasteiger partial charge in [-0.1, -0.05) is 24.3 Å². The SMILES string of the molecule is O=C1c2cncnc2CCN1CCN1CCC(C2=NCc3ccccc32)CC1. The number of carbonyl (C=O) groups excluding carboxylic acids is 1. The smallest absolute Gasteiger partial charge is 0.257 e. The second-order valence-corrected chi connectivity index (χ2v) is 7.90. The Bertz CT molecular complexity index is 917. The third kappa shape index (κ3) is 3.22. The van der Waals surface area contributed by atoms with Crippen molar-refractivity contribution in [3.8, 4) is 0 Å². The molecule has 0 N–H and O–H groups in total. The number of likely N-dealkylation sites (tertiary alicyclic amines) is 1. The van der Waals surface area contributed by atoms with Crippen LogP contribution in [0.1, 0.15) is 40.0 Å². The quantitative estimate of drug-likeness (QED) is 0.822. The summed E-state index contributed by atoms with van der Waals surface area (Å²) in [6.45, 7) is 5.47. The average Bonchev–Trinajstić information content (AvgIpc) is 3.18. The molecule has 1 aromatic heterocycles. The molecule has 1 fully saturated rings. The summed E-state index contributed by atoms with van der Waals surface area (Å²) in [4.78, 5) is 30.2. The van der Waals surface area contributed by atoms with Crippen molar-refractivity contribution in [2.75, 3.05) is 32.7 Å². The molecule has 6 heteroatoms. The minimum absolute atomic E-state index is 0.0775. The van der Waals surface area contributed by atoms with Crippen LogP contribution >= 0.6 is 0 Å². The highest BCUT2D eigenvalue weighted by Gasteiger charge is 2.29. The van der Waals surface area contributed by atoms with Gasteiger partial charge in [0.1, 0.15) is 6.33 Å². The number of aromatic nitrogens is 2. The second-order valence-electron chi connectivity index (χ2n) is 7.90. The topological polar surface area (TPSA) is 61.7 Å². The maximum atomic E-state index is 12.6. The molecule has 144 valence electrons. The Labute approximate surface area is 165 Å². The Hall–Kier alpha value is -2.60. The van der Waals surface area contributed by atoms with E-state index in [0.29, 0.717) is 11.5 Å². The van der Waals surface area contributed by atoms with Gasteiger partial charge >= 0.3 is 0 Å². The number of aliphatic imine (C=N–C) groups is 1. The summed E-state index contributed by atoms with van der Waals surface area (Å²) in [5, 5.41) is 0. The van der Waals surface area contributed by atoms with E-state index in [1.54, 1.807) is 6.20 Å². The molecule has 2 aromatic rings. The zero-order valence-electron chi connectivity index (χ0n) is 16.0. The fourth-order valence-corrected chi connectivity index (χ4v) is 4.66. The molecule has 0 spiro atoms. The minimum atomic E-state index is 0.0775. The summed E-state index contributed by atoms with van der Waals surface area (Å²) in [5.41, 5.74) is 5.60. The van der Waals surface area contributed by atoms with Crippen molar-refractivity contribution in [1.29, 1.82) is 0 Å². The molecule has 3 aliphatic rings. The lowest BCUT2D eigenvalue weighted by Crippen LogP contribution is -2.45. The number of nitrogens with zero attached hydrogens (tertiary/aromatic N) is 5. The predicted molar refractivity (Wildman–Crippen MR) is 107 cm³/mol. The summed E-state index contributed by atoms with van der Waals surface area (Å²) in [7, 11) is 0. The van der Waals surface area contributed by atoms with E-state index in [1.165, 1.54) is 23.2 Å². The summed E-state index contributed by atoms with van der Waals surface area (Å²) >= 11 is 0. The van der Waals surface area contributed by atoms with Crippen LogP contribution in [0.3, 0.4) is 0 Å². The van der Waals surface area contributed by atoms with Gasteiger partial charge in [-0.15, -0.1) is 0 Å². The first-order chi connectivity index (χ1) is 13.8. The van der Waals surface area contributed by atoms with Crippen molar-refractivity contribution in [2.45, 2.75) is 25.8 Å². The number of rotatable bonds is 4. The van der Waals surface area contributed by atoms with Crippen LogP contribution in [0, 0.1) is 5.92 Å². The zero-order valence-corrected chi connectivity index (χ0v) is 16.0. The van der Waals surface area contributed by atoms with Crippen molar-refractivity contribution in [3.05, 3.63) is 59.2 Å². The highest BCUT2D eigenvalue weighted by atomic mass is 16.2. The molecule has 6 nitrogen and oxygen atoms in total. The predicted octanol–water partition coefficient (Wildman–Crippen LogP) is 2.19. The van der Waals surface area contributed by atoms with Crippen LogP contribution in [0.25, 0.3) is 0 Å². The number of amides is 1. The van der Waals surface area contributed by atoms with Crippen molar-refractivity contribution >= 4 is 11.6 Å². The number of hydrogen-bond donors (Lipinski definition) is 0. The molecule has 3 aliphatic heterocycles. The molecule has 28 heavy (non-hydrogen) atoms. The lowest BCUT2D eigenvalue weighted by molar-refractivity contribution is 0.0707. The number of carbonyl (C=O) groups is 1.